The van der Waals surface area contributed by atoms with Crippen molar-refractivity contribution in [3.63, 3.8) is 0 Å². The second-order valence-corrected chi connectivity index (χ2v) is 7.31. The Balaban J connectivity index is 1.61. The summed E-state index contributed by atoms with van der Waals surface area (Å²) in [6, 6.07) is 16.9. The SMILES string of the molecule is Cc1c(NC(=O)CCCOc2cccc(Br)c2)c(=O)n(-c2ccccc2)n1C. The minimum absolute atomic E-state index is 0.205. The summed E-state index contributed by atoms with van der Waals surface area (Å²) in [7, 11) is 1.80. The fraction of sp³-hybridized carbons (Fsp3) is 0.238. The average Bonchev–Trinajstić information content (AvgIpc) is 2.89. The summed E-state index contributed by atoms with van der Waals surface area (Å²) in [5.74, 6) is 0.545. The third-order valence-corrected chi connectivity index (χ3v) is 4.92. The molecule has 28 heavy (non-hydrogen) atoms. The molecule has 1 amide bonds. The van der Waals surface area contributed by atoms with Crippen molar-refractivity contribution in [2.45, 2.75) is 19.8 Å². The molecule has 6 nitrogen and oxygen atoms in total. The van der Waals surface area contributed by atoms with E-state index in [0.29, 0.717) is 24.4 Å². The first kappa shape index (κ1) is 19.9. The Kier molecular flexibility index (Phi) is 6.36. The minimum Gasteiger partial charge on any atom is -0.494 e. The van der Waals surface area contributed by atoms with Crippen LogP contribution in [-0.4, -0.2) is 21.9 Å². The zero-order chi connectivity index (χ0) is 20.1. The van der Waals surface area contributed by atoms with Crippen LogP contribution in [0.2, 0.25) is 0 Å². The maximum absolute atomic E-state index is 12.8. The average molecular weight is 444 g/mol. The molecule has 3 rings (SSSR count). The first-order valence-electron chi connectivity index (χ1n) is 8.99. The molecule has 0 saturated heterocycles. The predicted molar refractivity (Wildman–Crippen MR) is 113 cm³/mol. The van der Waals surface area contributed by atoms with Gasteiger partial charge in [-0.1, -0.05) is 40.2 Å². The number of hydrogen-bond acceptors (Lipinski definition) is 3. The van der Waals surface area contributed by atoms with Gasteiger partial charge in [0, 0.05) is 17.9 Å². The molecule has 3 aromatic rings. The highest BCUT2D eigenvalue weighted by Gasteiger charge is 2.17. The number of nitrogens with zero attached hydrogens (tertiary/aromatic N) is 2. The van der Waals surface area contributed by atoms with Gasteiger partial charge in [-0.25, -0.2) is 4.68 Å². The molecule has 2 aromatic carbocycles. The van der Waals surface area contributed by atoms with Gasteiger partial charge in [-0.05, 0) is 43.7 Å². The van der Waals surface area contributed by atoms with Gasteiger partial charge in [0.1, 0.15) is 11.4 Å². The van der Waals surface area contributed by atoms with E-state index in [1.807, 2.05) is 61.5 Å². The highest BCUT2D eigenvalue weighted by Crippen LogP contribution is 2.18. The van der Waals surface area contributed by atoms with Gasteiger partial charge in [0.25, 0.3) is 5.56 Å². The summed E-state index contributed by atoms with van der Waals surface area (Å²) in [4.78, 5) is 25.1. The number of amides is 1. The molecule has 7 heteroatoms. The Hall–Kier alpha value is -2.80. The number of carbonyl (C=O) groups excluding carboxylic acids is 1. The molecule has 0 saturated carbocycles. The molecule has 0 aliphatic rings. The van der Waals surface area contributed by atoms with E-state index in [4.69, 9.17) is 4.74 Å². The van der Waals surface area contributed by atoms with Crippen LogP contribution in [0.15, 0.2) is 63.9 Å². The number of halogens is 1. The van der Waals surface area contributed by atoms with Crippen LogP contribution in [0.3, 0.4) is 0 Å². The maximum Gasteiger partial charge on any atom is 0.295 e. The van der Waals surface area contributed by atoms with Crippen molar-refractivity contribution in [3.8, 4) is 11.4 Å². The lowest BCUT2D eigenvalue weighted by Crippen LogP contribution is -2.23. The van der Waals surface area contributed by atoms with Crippen LogP contribution in [0.5, 0.6) is 5.75 Å². The number of rotatable bonds is 7. The van der Waals surface area contributed by atoms with Gasteiger partial charge in [0.15, 0.2) is 0 Å². The molecule has 0 spiro atoms. The van der Waals surface area contributed by atoms with Gasteiger partial charge in [-0.15, -0.1) is 0 Å². The second-order valence-electron chi connectivity index (χ2n) is 6.39. The highest BCUT2D eigenvalue weighted by atomic mass is 79.9. The smallest absolute Gasteiger partial charge is 0.295 e. The molecule has 0 radical (unpaired) electrons. The van der Waals surface area contributed by atoms with E-state index < -0.39 is 0 Å². The lowest BCUT2D eigenvalue weighted by molar-refractivity contribution is -0.116. The summed E-state index contributed by atoms with van der Waals surface area (Å²) in [6.07, 6.45) is 0.824. The Morgan fingerprint density at radius 3 is 2.61 bits per heavy atom. The van der Waals surface area contributed by atoms with Crippen LogP contribution in [0.1, 0.15) is 18.5 Å². The van der Waals surface area contributed by atoms with Crippen LogP contribution in [-0.2, 0) is 11.8 Å². The lowest BCUT2D eigenvalue weighted by atomic mass is 10.3. The molecule has 0 fully saturated rings. The Bertz CT molecular complexity index is 1030. The van der Waals surface area contributed by atoms with Gasteiger partial charge < -0.3 is 10.1 Å². The number of carbonyl (C=O) groups is 1. The molecule has 0 aliphatic heterocycles. The zero-order valence-electron chi connectivity index (χ0n) is 15.8. The summed E-state index contributed by atoms with van der Waals surface area (Å²) in [6.45, 7) is 2.23. The fourth-order valence-electron chi connectivity index (χ4n) is 2.89. The fourth-order valence-corrected chi connectivity index (χ4v) is 3.27. The number of benzene rings is 2. The molecule has 1 heterocycles. The molecule has 0 aliphatic carbocycles. The van der Waals surface area contributed by atoms with Crippen molar-refractivity contribution in [1.29, 1.82) is 0 Å². The Morgan fingerprint density at radius 1 is 1.14 bits per heavy atom. The van der Waals surface area contributed by atoms with Crippen LogP contribution < -0.4 is 15.6 Å². The Labute approximate surface area is 171 Å². The molecule has 146 valence electrons. The van der Waals surface area contributed by atoms with Gasteiger partial charge in [0.05, 0.1) is 18.0 Å². The molecule has 0 atom stereocenters. The zero-order valence-corrected chi connectivity index (χ0v) is 17.4. The van der Waals surface area contributed by atoms with Crippen molar-refractivity contribution in [3.05, 3.63) is 75.1 Å². The van der Waals surface area contributed by atoms with Gasteiger partial charge in [0.2, 0.25) is 5.91 Å². The molecular formula is C21H22BrN3O3. The highest BCUT2D eigenvalue weighted by molar-refractivity contribution is 9.10. The summed E-state index contributed by atoms with van der Waals surface area (Å²) < 4.78 is 9.86. The number of aromatic nitrogens is 2. The topological polar surface area (TPSA) is 65.3 Å². The van der Waals surface area contributed by atoms with E-state index in [1.54, 1.807) is 16.4 Å². The second kappa shape index (κ2) is 8.93. The van der Waals surface area contributed by atoms with Crippen molar-refractivity contribution in [2.24, 2.45) is 7.05 Å². The molecular weight excluding hydrogens is 422 g/mol. The van der Waals surface area contributed by atoms with Gasteiger partial charge in [-0.3, -0.25) is 14.3 Å². The number of hydrogen-bond donors (Lipinski definition) is 1. The molecule has 1 aromatic heterocycles. The van der Waals surface area contributed by atoms with Crippen molar-refractivity contribution in [2.75, 3.05) is 11.9 Å². The van der Waals surface area contributed by atoms with E-state index >= 15 is 0 Å². The van der Waals surface area contributed by atoms with E-state index in [1.165, 1.54) is 0 Å². The van der Waals surface area contributed by atoms with E-state index in [0.717, 1.165) is 15.9 Å². The summed E-state index contributed by atoms with van der Waals surface area (Å²) in [5, 5.41) is 2.76. The monoisotopic (exact) mass is 443 g/mol. The third kappa shape index (κ3) is 4.54. The van der Waals surface area contributed by atoms with Crippen molar-refractivity contribution >= 4 is 27.5 Å². The molecule has 0 bridgehead atoms. The van der Waals surface area contributed by atoms with Crippen molar-refractivity contribution in [1.82, 2.24) is 9.36 Å². The van der Waals surface area contributed by atoms with E-state index in [9.17, 15) is 9.59 Å². The number of anilines is 1. The van der Waals surface area contributed by atoms with Gasteiger partial charge in [-0.2, -0.15) is 0 Å². The molecule has 1 N–H and O–H groups in total. The quantitative estimate of drug-likeness (QED) is 0.560. The standard InChI is InChI=1S/C21H22BrN3O3/c1-15-20(21(27)25(24(15)2)17-9-4-3-5-10-17)23-19(26)12-7-13-28-18-11-6-8-16(22)14-18/h3-6,8-11,14H,7,12-13H2,1-2H3,(H,23,26). The lowest BCUT2D eigenvalue weighted by Gasteiger charge is -2.07. The number of para-hydroxylation sites is 1. The van der Waals surface area contributed by atoms with Crippen LogP contribution >= 0.6 is 15.9 Å². The largest absolute Gasteiger partial charge is 0.494 e. The first-order valence-corrected chi connectivity index (χ1v) is 9.79. The van der Waals surface area contributed by atoms with Crippen LogP contribution in [0, 0.1) is 6.92 Å². The molecule has 0 unspecified atom stereocenters. The summed E-state index contributed by atoms with van der Waals surface area (Å²) >= 11 is 3.39. The van der Waals surface area contributed by atoms with Gasteiger partial charge >= 0.3 is 0 Å². The van der Waals surface area contributed by atoms with Crippen LogP contribution in [0.4, 0.5) is 5.69 Å². The minimum atomic E-state index is -0.245. The first-order chi connectivity index (χ1) is 13.5. The normalized spacial score (nSPS) is 10.7. The summed E-state index contributed by atoms with van der Waals surface area (Å²) in [5.41, 5.74) is 1.52. The van der Waals surface area contributed by atoms with E-state index in [-0.39, 0.29) is 17.9 Å². The Morgan fingerprint density at radius 2 is 1.89 bits per heavy atom. The third-order valence-electron chi connectivity index (χ3n) is 4.43. The predicted octanol–water partition coefficient (Wildman–Crippen LogP) is 4.04. The van der Waals surface area contributed by atoms with Crippen LogP contribution in [0.25, 0.3) is 5.69 Å². The number of nitrogens with one attached hydrogen (secondary N) is 1. The van der Waals surface area contributed by atoms with Crippen molar-refractivity contribution < 1.29 is 9.53 Å². The number of ether oxygens (including phenoxy) is 1. The maximum atomic E-state index is 12.8. The van der Waals surface area contributed by atoms with E-state index in [2.05, 4.69) is 21.2 Å².